The Hall–Kier alpha value is -0.420. The first kappa shape index (κ1) is 7.58. The van der Waals surface area contributed by atoms with Crippen molar-refractivity contribution in [3.8, 4) is 0 Å². The Kier molecular flexibility index (Phi) is 2.64. The number of hydrazine groups is 2. The number of hydrogen-bond donors (Lipinski definition) is 3. The molecule has 0 aromatic rings. The van der Waals surface area contributed by atoms with Gasteiger partial charge in [0.25, 0.3) is 0 Å². The lowest BCUT2D eigenvalue weighted by Crippen LogP contribution is -2.35. The first-order chi connectivity index (χ1) is 3.29. The van der Waals surface area contributed by atoms with Gasteiger partial charge in [-0.15, -0.1) is 22.1 Å². The summed E-state index contributed by atoms with van der Waals surface area (Å²) in [6, 6.07) is 0. The van der Waals surface area contributed by atoms with E-state index in [2.05, 4.69) is 10.9 Å². The van der Waals surface area contributed by atoms with E-state index in [0.717, 1.165) is 0 Å². The minimum absolute atomic E-state index is 0. The molecule has 0 amide bonds. The van der Waals surface area contributed by atoms with Gasteiger partial charge < -0.3 is 11.2 Å². The SMILES string of the molecule is Br.CN1NC=C(N)N1. The molecule has 0 radical (unpaired) electrons. The maximum Gasteiger partial charge on any atom is 0.130 e. The third kappa shape index (κ3) is 1.59. The molecule has 0 unspecified atom stereocenters. The number of rotatable bonds is 0. The van der Waals surface area contributed by atoms with Crippen molar-refractivity contribution in [1.29, 1.82) is 0 Å². The van der Waals surface area contributed by atoms with Crippen LogP contribution in [0, 0.1) is 0 Å². The zero-order valence-corrected chi connectivity index (χ0v) is 6.22. The molecule has 0 bridgehead atoms. The molecule has 1 heterocycles. The van der Waals surface area contributed by atoms with Crippen molar-refractivity contribution in [1.82, 2.24) is 16.0 Å². The predicted molar refractivity (Wildman–Crippen MR) is 36.6 cm³/mol. The van der Waals surface area contributed by atoms with Gasteiger partial charge in [0.05, 0.1) is 6.20 Å². The Morgan fingerprint density at radius 3 is 2.50 bits per heavy atom. The highest BCUT2D eigenvalue weighted by atomic mass is 79.9. The molecule has 1 rings (SSSR count). The van der Waals surface area contributed by atoms with E-state index in [1.165, 1.54) is 0 Å². The van der Waals surface area contributed by atoms with Crippen molar-refractivity contribution >= 4 is 17.0 Å². The van der Waals surface area contributed by atoms with E-state index in [0.29, 0.717) is 5.82 Å². The van der Waals surface area contributed by atoms with Crippen molar-refractivity contribution < 1.29 is 0 Å². The van der Waals surface area contributed by atoms with E-state index >= 15 is 0 Å². The Balaban J connectivity index is 0.000000490. The molecule has 0 spiro atoms. The molecule has 1 aliphatic rings. The average molecular weight is 181 g/mol. The fourth-order valence-corrected chi connectivity index (χ4v) is 0.425. The third-order valence-corrected chi connectivity index (χ3v) is 0.711. The molecule has 4 N–H and O–H groups in total. The lowest BCUT2D eigenvalue weighted by atomic mass is 10.8. The van der Waals surface area contributed by atoms with E-state index < -0.39 is 0 Å². The molecule has 0 saturated heterocycles. The van der Waals surface area contributed by atoms with E-state index in [4.69, 9.17) is 5.73 Å². The maximum atomic E-state index is 5.27. The number of hydrogen-bond acceptors (Lipinski definition) is 4. The summed E-state index contributed by atoms with van der Waals surface area (Å²) in [6.45, 7) is 0. The zero-order chi connectivity index (χ0) is 5.28. The summed E-state index contributed by atoms with van der Waals surface area (Å²) in [5.74, 6) is 0.641. The molecular weight excluding hydrogens is 172 g/mol. The van der Waals surface area contributed by atoms with Gasteiger partial charge in [-0.25, -0.2) is 0 Å². The van der Waals surface area contributed by atoms with Crippen LogP contribution >= 0.6 is 17.0 Å². The second-order valence-electron chi connectivity index (χ2n) is 1.40. The summed E-state index contributed by atoms with van der Waals surface area (Å²) >= 11 is 0. The van der Waals surface area contributed by atoms with Crippen molar-refractivity contribution in [3.05, 3.63) is 12.0 Å². The fraction of sp³-hybridized carbons (Fsp3) is 0.333. The molecular formula is C3H9BrN4. The Bertz CT molecular complexity index is 101. The lowest BCUT2D eigenvalue weighted by molar-refractivity contribution is 0.240. The van der Waals surface area contributed by atoms with Crippen molar-refractivity contribution in [2.45, 2.75) is 0 Å². The van der Waals surface area contributed by atoms with Gasteiger partial charge in [0.1, 0.15) is 5.82 Å². The minimum Gasteiger partial charge on any atom is -0.383 e. The molecule has 5 heteroatoms. The topological polar surface area (TPSA) is 53.3 Å². The molecule has 0 aromatic heterocycles. The molecule has 0 atom stereocenters. The van der Waals surface area contributed by atoms with Crippen LogP contribution in [0.25, 0.3) is 0 Å². The van der Waals surface area contributed by atoms with Crippen LogP contribution in [-0.2, 0) is 0 Å². The van der Waals surface area contributed by atoms with Crippen LogP contribution < -0.4 is 16.6 Å². The molecule has 48 valence electrons. The highest BCUT2D eigenvalue weighted by molar-refractivity contribution is 8.93. The summed E-state index contributed by atoms with van der Waals surface area (Å²) in [5, 5.41) is 1.66. The second kappa shape index (κ2) is 2.78. The van der Waals surface area contributed by atoms with Crippen LogP contribution in [0.4, 0.5) is 0 Å². The van der Waals surface area contributed by atoms with Crippen LogP contribution in [0.5, 0.6) is 0 Å². The molecule has 8 heavy (non-hydrogen) atoms. The number of nitrogens with two attached hydrogens (primary N) is 1. The van der Waals surface area contributed by atoms with Gasteiger partial charge in [0.2, 0.25) is 0 Å². The standard InChI is InChI=1S/C3H8N4.BrH/c1-7-5-2-3(4)6-7;/h2,5-6H,4H2,1H3;1H. The highest BCUT2D eigenvalue weighted by Crippen LogP contribution is 1.82. The summed E-state index contributed by atoms with van der Waals surface area (Å²) in [5.41, 5.74) is 10.9. The molecule has 0 fully saturated rings. The van der Waals surface area contributed by atoms with Gasteiger partial charge in [0.15, 0.2) is 0 Å². The summed E-state index contributed by atoms with van der Waals surface area (Å²) in [7, 11) is 1.83. The molecule has 0 saturated carbocycles. The van der Waals surface area contributed by atoms with Crippen molar-refractivity contribution in [2.75, 3.05) is 7.05 Å². The fourth-order valence-electron chi connectivity index (χ4n) is 0.425. The second-order valence-corrected chi connectivity index (χ2v) is 1.40. The van der Waals surface area contributed by atoms with E-state index in [-0.39, 0.29) is 17.0 Å². The monoisotopic (exact) mass is 180 g/mol. The Morgan fingerprint density at radius 1 is 1.75 bits per heavy atom. The van der Waals surface area contributed by atoms with Crippen LogP contribution in [-0.4, -0.2) is 12.2 Å². The summed E-state index contributed by atoms with van der Waals surface area (Å²) in [4.78, 5) is 0. The van der Waals surface area contributed by atoms with Crippen LogP contribution in [0.1, 0.15) is 0 Å². The average Bonchev–Trinajstić information content (AvgIpc) is 1.87. The van der Waals surface area contributed by atoms with Crippen LogP contribution in [0.2, 0.25) is 0 Å². The van der Waals surface area contributed by atoms with Gasteiger partial charge in [-0.3, -0.25) is 5.43 Å². The van der Waals surface area contributed by atoms with Gasteiger partial charge in [0, 0.05) is 7.05 Å². The van der Waals surface area contributed by atoms with Gasteiger partial charge in [-0.2, -0.15) is 0 Å². The first-order valence-corrected chi connectivity index (χ1v) is 2.01. The maximum absolute atomic E-state index is 5.27. The number of nitrogens with zero attached hydrogens (tertiary/aromatic N) is 1. The van der Waals surface area contributed by atoms with Crippen molar-refractivity contribution in [3.63, 3.8) is 0 Å². The molecule has 1 aliphatic heterocycles. The van der Waals surface area contributed by atoms with E-state index in [1.807, 2.05) is 7.05 Å². The van der Waals surface area contributed by atoms with Crippen LogP contribution in [0.3, 0.4) is 0 Å². The minimum atomic E-state index is 0. The third-order valence-electron chi connectivity index (χ3n) is 0.711. The molecule has 0 aromatic carbocycles. The normalized spacial score (nSPS) is 17.9. The van der Waals surface area contributed by atoms with Gasteiger partial charge >= 0.3 is 0 Å². The largest absolute Gasteiger partial charge is 0.383 e. The highest BCUT2D eigenvalue weighted by Gasteiger charge is 1.99. The van der Waals surface area contributed by atoms with Crippen molar-refractivity contribution in [2.24, 2.45) is 5.73 Å². The zero-order valence-electron chi connectivity index (χ0n) is 4.51. The van der Waals surface area contributed by atoms with E-state index in [1.54, 1.807) is 11.3 Å². The predicted octanol–water partition coefficient (Wildman–Crippen LogP) is -0.724. The quantitative estimate of drug-likeness (QED) is 0.461. The molecule has 4 nitrogen and oxygen atoms in total. The van der Waals surface area contributed by atoms with Gasteiger partial charge in [-0.1, -0.05) is 0 Å². The Labute approximate surface area is 58.4 Å². The summed E-state index contributed by atoms with van der Waals surface area (Å²) in [6.07, 6.45) is 1.68. The van der Waals surface area contributed by atoms with Gasteiger partial charge in [-0.05, 0) is 0 Å². The molecule has 0 aliphatic carbocycles. The number of halogens is 1. The number of nitrogens with one attached hydrogen (secondary N) is 2. The Morgan fingerprint density at radius 2 is 2.38 bits per heavy atom. The first-order valence-electron chi connectivity index (χ1n) is 2.01. The smallest absolute Gasteiger partial charge is 0.130 e. The van der Waals surface area contributed by atoms with Crippen LogP contribution in [0.15, 0.2) is 12.0 Å². The van der Waals surface area contributed by atoms with E-state index in [9.17, 15) is 0 Å². The summed E-state index contributed by atoms with van der Waals surface area (Å²) < 4.78 is 0. The lowest BCUT2D eigenvalue weighted by Gasteiger charge is -2.07.